The van der Waals surface area contributed by atoms with Gasteiger partial charge in [0.2, 0.25) is 0 Å². The third kappa shape index (κ3) is 21.0. The third-order valence-corrected chi connectivity index (χ3v) is 14.7. The van der Waals surface area contributed by atoms with Crippen LogP contribution in [0.3, 0.4) is 0 Å². The van der Waals surface area contributed by atoms with Crippen molar-refractivity contribution in [3.05, 3.63) is 105 Å². The first-order valence-corrected chi connectivity index (χ1v) is 29.4. The summed E-state index contributed by atoms with van der Waals surface area (Å²) in [6.07, 6.45) is -0.529. The zero-order valence-corrected chi connectivity index (χ0v) is 52.1. The Hall–Kier alpha value is -6.37. The Morgan fingerprint density at radius 3 is 0.929 bits per heavy atom. The highest BCUT2D eigenvalue weighted by Crippen LogP contribution is 2.35. The molecule has 0 unspecified atom stereocenters. The van der Waals surface area contributed by atoms with Crippen molar-refractivity contribution >= 4 is 36.2 Å². The van der Waals surface area contributed by atoms with Crippen molar-refractivity contribution in [3.8, 4) is 0 Å². The number of hydrogen-bond donors (Lipinski definition) is 1. The van der Waals surface area contributed by atoms with Crippen LogP contribution in [0.15, 0.2) is 54.6 Å². The average molecular weight is 1180 g/mol. The monoisotopic (exact) mass is 1180 g/mol. The Kier molecular flexibility index (Phi) is 21.4. The van der Waals surface area contributed by atoms with Crippen LogP contribution in [0.2, 0.25) is 0 Å². The summed E-state index contributed by atoms with van der Waals surface area (Å²) in [5, 5.41) is 9.79. The lowest BCUT2D eigenvalue weighted by Crippen LogP contribution is -2.38. The van der Waals surface area contributed by atoms with Crippen molar-refractivity contribution < 1.29 is 70.7 Å². The lowest BCUT2D eigenvalue weighted by Gasteiger charge is -2.29. The molecule has 464 valence electrons. The molecule has 3 fully saturated rings. The van der Waals surface area contributed by atoms with Crippen molar-refractivity contribution in [1.29, 1.82) is 0 Å². The van der Waals surface area contributed by atoms with Crippen molar-refractivity contribution in [2.24, 2.45) is 35.5 Å². The first-order valence-electron chi connectivity index (χ1n) is 29.4. The summed E-state index contributed by atoms with van der Waals surface area (Å²) in [6.45, 7) is 28.1. The number of carboxylic acid groups (broad SMARTS) is 1. The van der Waals surface area contributed by atoms with Gasteiger partial charge in [0.15, 0.2) is 0 Å². The van der Waals surface area contributed by atoms with Gasteiger partial charge in [-0.05, 0) is 230 Å². The van der Waals surface area contributed by atoms with E-state index in [9.17, 15) is 33.9 Å². The Morgan fingerprint density at radius 2 is 0.679 bits per heavy atom. The van der Waals surface area contributed by atoms with Crippen LogP contribution in [-0.2, 0) is 77.0 Å². The van der Waals surface area contributed by atoms with Crippen molar-refractivity contribution in [2.45, 2.75) is 190 Å². The number of amides is 3. The molecule has 3 aliphatic rings. The van der Waals surface area contributed by atoms with E-state index < -0.39 is 105 Å². The van der Waals surface area contributed by atoms with Crippen LogP contribution in [0.25, 0.3) is 0 Å². The number of esters is 3. The van der Waals surface area contributed by atoms with Crippen molar-refractivity contribution in [3.63, 3.8) is 0 Å². The zero-order valence-electron chi connectivity index (χ0n) is 52.1. The molecule has 0 bridgehead atoms. The molecule has 0 radical (unpaired) electrons. The Bertz CT molecular complexity index is 2710. The van der Waals surface area contributed by atoms with Crippen LogP contribution in [0.1, 0.15) is 156 Å². The molecule has 3 aromatic carbocycles. The van der Waals surface area contributed by atoms with Gasteiger partial charge in [-0.3, -0.25) is 19.3 Å². The molecule has 19 heteroatoms. The Labute approximate surface area is 495 Å². The van der Waals surface area contributed by atoms with E-state index >= 15 is 13.2 Å². The smallest absolute Gasteiger partial charge is 0.410 e. The van der Waals surface area contributed by atoms with Crippen molar-refractivity contribution in [1.82, 2.24) is 19.6 Å². The molecule has 6 rings (SSSR count). The molecule has 3 aliphatic heterocycles. The zero-order chi connectivity index (χ0) is 62.4. The summed E-state index contributed by atoms with van der Waals surface area (Å²) >= 11 is 0. The molecular formula is C65H91F3N4O12. The van der Waals surface area contributed by atoms with E-state index in [1.165, 1.54) is 41.3 Å². The highest BCUT2D eigenvalue weighted by molar-refractivity contribution is 5.76. The van der Waals surface area contributed by atoms with Crippen LogP contribution in [-0.4, -0.2) is 128 Å². The minimum Gasteiger partial charge on any atom is -0.465 e. The van der Waals surface area contributed by atoms with Gasteiger partial charge >= 0.3 is 36.2 Å². The van der Waals surface area contributed by atoms with Crippen LogP contribution < -0.4 is 0 Å². The van der Waals surface area contributed by atoms with Gasteiger partial charge in [-0.25, -0.2) is 27.6 Å². The summed E-state index contributed by atoms with van der Waals surface area (Å²) < 4.78 is 77.4. The lowest BCUT2D eigenvalue weighted by molar-refractivity contribution is -0.163. The van der Waals surface area contributed by atoms with E-state index in [4.69, 9.17) is 23.7 Å². The molecule has 0 aliphatic carbocycles. The summed E-state index contributed by atoms with van der Waals surface area (Å²) in [4.78, 5) is 86.8. The van der Waals surface area contributed by atoms with Crippen LogP contribution in [0.4, 0.5) is 27.6 Å². The predicted octanol–water partition coefficient (Wildman–Crippen LogP) is 12.3. The van der Waals surface area contributed by atoms with Crippen LogP contribution >= 0.6 is 0 Å². The molecule has 1 N–H and O–H groups in total. The van der Waals surface area contributed by atoms with E-state index in [-0.39, 0.29) is 76.9 Å². The van der Waals surface area contributed by atoms with Crippen molar-refractivity contribution in [2.75, 3.05) is 39.3 Å². The van der Waals surface area contributed by atoms with Gasteiger partial charge in [0, 0.05) is 58.9 Å². The molecule has 16 nitrogen and oxygen atoms in total. The second kappa shape index (κ2) is 26.9. The van der Waals surface area contributed by atoms with Gasteiger partial charge in [-0.1, -0.05) is 18.2 Å². The third-order valence-electron chi connectivity index (χ3n) is 14.7. The topological polar surface area (TPSA) is 182 Å². The van der Waals surface area contributed by atoms with E-state index in [1.807, 2.05) is 4.90 Å². The molecular weight excluding hydrogens is 1090 g/mol. The number of halogens is 3. The highest BCUT2D eigenvalue weighted by Gasteiger charge is 2.42. The number of carbonyl (C=O) groups is 6. The second-order valence-electron chi connectivity index (χ2n) is 28.3. The van der Waals surface area contributed by atoms with E-state index in [2.05, 4.69) is 0 Å². The molecule has 0 spiro atoms. The Balaban J connectivity index is 1.36. The van der Waals surface area contributed by atoms with Crippen LogP contribution in [0.5, 0.6) is 0 Å². The molecule has 3 saturated heterocycles. The molecule has 0 aromatic heterocycles. The summed E-state index contributed by atoms with van der Waals surface area (Å²) in [5.41, 5.74) is -1.12. The molecule has 6 atom stereocenters. The highest BCUT2D eigenvalue weighted by atomic mass is 19.1. The largest absolute Gasteiger partial charge is 0.465 e. The lowest BCUT2D eigenvalue weighted by atomic mass is 9.85. The normalized spacial score (nSPS) is 19.0. The molecule has 3 heterocycles. The maximum absolute atomic E-state index is 16.2. The number of carbonyl (C=O) groups excluding carboxylic acids is 5. The van der Waals surface area contributed by atoms with Gasteiger partial charge in [0.05, 0.1) is 17.8 Å². The fourth-order valence-corrected chi connectivity index (χ4v) is 11.4. The number of benzene rings is 3. The standard InChI is InChI=1S/C65H91F3N4O12/c1-61(2,3)80-55(73)52(46-16-19-70(37-46)58(76)77)31-40-22-43(28-49(66)25-40)34-69(35-44-23-41(26-50(67)29-44)32-53(56(74)81-62(4,5)6)47-17-20-71(38-47)59(78)83-64(10,11)12)36-45-24-42(27-51(68)30-45)33-54(57(75)82-63(7,8)9)48-18-21-72(39-48)60(79)84-65(13,14)15/h22-30,46-48,52-54H,16-21,31-39H2,1-15H3,(H,76,77)/t46-,47-,48-,52-,53-,54-/m0/s1. The SMILES string of the molecule is CC(C)(C)OC(=O)[C@@H](Cc1cc(F)cc(CN(Cc2cc(F)cc(C[C@H](C(=O)OC(C)(C)C)[C@H]3CCN(C(=O)OC(C)(C)C)C3)c2)Cc2cc(F)cc(C[C@H](C(=O)OC(C)(C)C)[C@H]3CCN(C(=O)OC(C)(C)C)C3)c2)c1)[C@H]1CCN(C(=O)O)C1. The van der Waals surface area contributed by atoms with Gasteiger partial charge in [-0.15, -0.1) is 0 Å². The summed E-state index contributed by atoms with van der Waals surface area (Å²) in [7, 11) is 0. The van der Waals surface area contributed by atoms with Gasteiger partial charge in [-0.2, -0.15) is 0 Å². The van der Waals surface area contributed by atoms with Gasteiger partial charge in [0.25, 0.3) is 0 Å². The number of hydrogen-bond acceptors (Lipinski definition) is 12. The average Bonchev–Trinajstić information content (AvgIpc) is 3.77. The predicted molar refractivity (Wildman–Crippen MR) is 311 cm³/mol. The van der Waals surface area contributed by atoms with Crippen LogP contribution in [0, 0.1) is 53.0 Å². The number of nitrogens with zero attached hydrogens (tertiary/aromatic N) is 4. The van der Waals surface area contributed by atoms with E-state index in [0.717, 1.165) is 0 Å². The number of likely N-dealkylation sites (tertiary alicyclic amines) is 3. The minimum absolute atomic E-state index is 0.0298. The second-order valence-corrected chi connectivity index (χ2v) is 28.3. The molecule has 3 aromatic rings. The molecule has 0 saturated carbocycles. The first-order chi connectivity index (χ1) is 38.7. The maximum atomic E-state index is 16.2. The first kappa shape index (κ1) is 66.8. The quantitative estimate of drug-likeness (QED) is 0.0939. The fraction of sp³-hybridized carbons (Fsp3) is 0.631. The molecule has 3 amide bonds. The van der Waals surface area contributed by atoms with Gasteiger partial charge in [0.1, 0.15) is 45.5 Å². The number of rotatable bonds is 18. The summed E-state index contributed by atoms with van der Waals surface area (Å²) in [6, 6.07) is 13.5. The minimum atomic E-state index is -1.10. The molecule has 84 heavy (non-hydrogen) atoms. The van der Waals surface area contributed by atoms with Gasteiger partial charge < -0.3 is 43.5 Å². The van der Waals surface area contributed by atoms with E-state index in [0.29, 0.717) is 65.7 Å². The summed E-state index contributed by atoms with van der Waals surface area (Å²) in [5.74, 6) is -6.69. The van der Waals surface area contributed by atoms with E-state index in [1.54, 1.807) is 132 Å². The maximum Gasteiger partial charge on any atom is 0.410 e. The Morgan fingerprint density at radius 1 is 0.429 bits per heavy atom. The fourth-order valence-electron chi connectivity index (χ4n) is 11.4. The number of ether oxygens (including phenoxy) is 5.